The lowest BCUT2D eigenvalue weighted by atomic mass is 10.1. The Morgan fingerprint density at radius 2 is 1.89 bits per heavy atom. The lowest BCUT2D eigenvalue weighted by molar-refractivity contribution is -0.138. The van der Waals surface area contributed by atoms with Crippen LogP contribution in [0.1, 0.15) is 12.8 Å². The second-order valence-corrected chi connectivity index (χ2v) is 5.71. The van der Waals surface area contributed by atoms with Gasteiger partial charge in [0.1, 0.15) is 6.04 Å². The van der Waals surface area contributed by atoms with E-state index in [4.69, 9.17) is 14.9 Å². The van der Waals surface area contributed by atoms with Gasteiger partial charge in [0.15, 0.2) is 0 Å². The molecule has 18 heavy (non-hydrogen) atoms. The molecular formula is C11H16NO5P. The summed E-state index contributed by atoms with van der Waals surface area (Å²) >= 11 is 0. The molecule has 0 spiro atoms. The molecule has 1 aromatic rings. The number of nitrogens with one attached hydrogen (secondary N) is 1. The Balaban J connectivity index is 2.51. The van der Waals surface area contributed by atoms with E-state index < -0.39 is 19.6 Å². The largest absolute Gasteiger partial charge is 0.480 e. The molecule has 0 amide bonds. The third kappa shape index (κ3) is 5.82. The minimum atomic E-state index is -4.06. The number of benzene rings is 1. The third-order valence-corrected chi connectivity index (χ3v) is 3.25. The van der Waals surface area contributed by atoms with Crippen molar-refractivity contribution in [3.63, 3.8) is 0 Å². The maximum Gasteiger partial charge on any atom is 0.326 e. The number of hydrogen-bond donors (Lipinski definition) is 4. The molecule has 1 aromatic carbocycles. The number of carbonyl (C=O) groups is 1. The molecular weight excluding hydrogens is 257 g/mol. The number of anilines is 1. The number of aliphatic carboxylic acids is 1. The van der Waals surface area contributed by atoms with E-state index in [-0.39, 0.29) is 19.0 Å². The summed E-state index contributed by atoms with van der Waals surface area (Å²) in [5.74, 6) is -1.04. The summed E-state index contributed by atoms with van der Waals surface area (Å²) in [6.45, 7) is 0. The fourth-order valence-corrected chi connectivity index (χ4v) is 2.09. The lowest BCUT2D eigenvalue weighted by Gasteiger charge is -2.15. The first-order chi connectivity index (χ1) is 8.38. The van der Waals surface area contributed by atoms with Gasteiger partial charge in [0, 0.05) is 11.8 Å². The fourth-order valence-electron chi connectivity index (χ4n) is 1.49. The Morgan fingerprint density at radius 1 is 1.28 bits per heavy atom. The highest BCUT2D eigenvalue weighted by Crippen LogP contribution is 2.35. The van der Waals surface area contributed by atoms with Crippen LogP contribution in [0.4, 0.5) is 5.69 Å². The van der Waals surface area contributed by atoms with Crippen molar-refractivity contribution in [3.05, 3.63) is 30.3 Å². The molecule has 0 unspecified atom stereocenters. The molecule has 7 heteroatoms. The molecule has 0 aliphatic carbocycles. The summed E-state index contributed by atoms with van der Waals surface area (Å²) in [5.41, 5.74) is 0.668. The predicted molar refractivity (Wildman–Crippen MR) is 67.6 cm³/mol. The van der Waals surface area contributed by atoms with Gasteiger partial charge in [0.05, 0.1) is 0 Å². The number of hydrogen-bond acceptors (Lipinski definition) is 3. The highest BCUT2D eigenvalue weighted by atomic mass is 31.2. The molecule has 0 aromatic heterocycles. The van der Waals surface area contributed by atoms with Crippen LogP contribution < -0.4 is 5.32 Å². The van der Waals surface area contributed by atoms with Gasteiger partial charge in [-0.2, -0.15) is 0 Å². The van der Waals surface area contributed by atoms with E-state index in [1.807, 2.05) is 6.07 Å². The molecule has 1 atom stereocenters. The number of para-hydroxylation sites is 1. The van der Waals surface area contributed by atoms with Crippen LogP contribution >= 0.6 is 7.60 Å². The smallest absolute Gasteiger partial charge is 0.326 e. The zero-order valence-electron chi connectivity index (χ0n) is 9.69. The SMILES string of the molecule is O=C(O)[C@@H](CCCP(=O)(O)O)Nc1ccccc1. The van der Waals surface area contributed by atoms with Crippen molar-refractivity contribution in [2.75, 3.05) is 11.5 Å². The molecule has 0 fully saturated rings. The van der Waals surface area contributed by atoms with Crippen molar-refractivity contribution in [1.82, 2.24) is 0 Å². The molecule has 0 heterocycles. The number of carboxylic acid groups (broad SMARTS) is 1. The molecule has 6 nitrogen and oxygen atoms in total. The third-order valence-electron chi connectivity index (χ3n) is 2.35. The summed E-state index contributed by atoms with van der Waals surface area (Å²) in [6.07, 6.45) is 0.0175. The van der Waals surface area contributed by atoms with Crippen LogP contribution in [-0.4, -0.2) is 33.1 Å². The molecule has 0 radical (unpaired) electrons. The van der Waals surface area contributed by atoms with E-state index in [2.05, 4.69) is 5.32 Å². The summed E-state index contributed by atoms with van der Waals surface area (Å²) in [6, 6.07) is 7.99. The Hall–Kier alpha value is -1.36. The van der Waals surface area contributed by atoms with Gasteiger partial charge < -0.3 is 20.2 Å². The average molecular weight is 273 g/mol. The van der Waals surface area contributed by atoms with Crippen molar-refractivity contribution < 1.29 is 24.3 Å². The van der Waals surface area contributed by atoms with Crippen molar-refractivity contribution >= 4 is 19.3 Å². The van der Waals surface area contributed by atoms with Gasteiger partial charge in [-0.1, -0.05) is 18.2 Å². The van der Waals surface area contributed by atoms with E-state index in [0.717, 1.165) is 0 Å². The van der Waals surface area contributed by atoms with Gasteiger partial charge in [-0.3, -0.25) is 4.57 Å². The number of rotatable bonds is 7. The average Bonchev–Trinajstić information content (AvgIpc) is 2.27. The first-order valence-corrected chi connectivity index (χ1v) is 7.27. The fraction of sp³-hybridized carbons (Fsp3) is 0.364. The van der Waals surface area contributed by atoms with Crippen molar-refractivity contribution in [2.24, 2.45) is 0 Å². The Bertz CT molecular complexity index is 430. The first kappa shape index (κ1) is 14.7. The standard InChI is InChI=1S/C11H16NO5P/c13-11(14)10(7-4-8-18(15,16)17)12-9-5-2-1-3-6-9/h1-3,5-6,10,12H,4,7-8H2,(H,13,14)(H2,15,16,17)/t10-/m1/s1. The van der Waals surface area contributed by atoms with Crippen molar-refractivity contribution in [3.8, 4) is 0 Å². The van der Waals surface area contributed by atoms with Crippen LogP contribution in [0, 0.1) is 0 Å². The van der Waals surface area contributed by atoms with Gasteiger partial charge in [-0.05, 0) is 25.0 Å². The molecule has 0 aliphatic heterocycles. The predicted octanol–water partition coefficient (Wildman–Crippen LogP) is 1.51. The zero-order valence-corrected chi connectivity index (χ0v) is 10.6. The van der Waals surface area contributed by atoms with Crippen LogP contribution in [0.2, 0.25) is 0 Å². The molecule has 100 valence electrons. The van der Waals surface area contributed by atoms with Gasteiger partial charge in [0.25, 0.3) is 0 Å². The van der Waals surface area contributed by atoms with Gasteiger partial charge >= 0.3 is 13.6 Å². The molecule has 0 saturated carbocycles. The van der Waals surface area contributed by atoms with Crippen LogP contribution in [0.15, 0.2) is 30.3 Å². The molecule has 1 rings (SSSR count). The molecule has 0 aliphatic rings. The minimum Gasteiger partial charge on any atom is -0.480 e. The normalized spacial score (nSPS) is 13.0. The highest BCUT2D eigenvalue weighted by molar-refractivity contribution is 7.51. The van der Waals surface area contributed by atoms with E-state index >= 15 is 0 Å². The van der Waals surface area contributed by atoms with Crippen LogP contribution in [0.5, 0.6) is 0 Å². The second-order valence-electron chi connectivity index (χ2n) is 3.93. The zero-order chi connectivity index (χ0) is 13.6. The van der Waals surface area contributed by atoms with E-state index in [9.17, 15) is 9.36 Å². The number of carboxylic acids is 1. The first-order valence-electron chi connectivity index (χ1n) is 5.47. The minimum absolute atomic E-state index is 0.154. The Morgan fingerprint density at radius 3 is 2.39 bits per heavy atom. The van der Waals surface area contributed by atoms with E-state index in [1.165, 1.54) is 0 Å². The monoisotopic (exact) mass is 273 g/mol. The highest BCUT2D eigenvalue weighted by Gasteiger charge is 2.19. The van der Waals surface area contributed by atoms with Crippen LogP contribution in [-0.2, 0) is 9.36 Å². The van der Waals surface area contributed by atoms with Gasteiger partial charge in [0.2, 0.25) is 0 Å². The second kappa shape index (κ2) is 6.54. The summed E-state index contributed by atoms with van der Waals surface area (Å²) in [5, 5.41) is 11.8. The van der Waals surface area contributed by atoms with Crippen molar-refractivity contribution in [2.45, 2.75) is 18.9 Å². The maximum absolute atomic E-state index is 11.0. The Labute approximate surface area is 105 Å². The van der Waals surface area contributed by atoms with Crippen LogP contribution in [0.3, 0.4) is 0 Å². The van der Waals surface area contributed by atoms with E-state index in [1.54, 1.807) is 24.3 Å². The molecule has 0 saturated heterocycles. The quantitative estimate of drug-likeness (QED) is 0.561. The molecule has 0 bridgehead atoms. The summed E-state index contributed by atoms with van der Waals surface area (Å²) < 4.78 is 10.7. The lowest BCUT2D eigenvalue weighted by Crippen LogP contribution is -2.29. The van der Waals surface area contributed by atoms with E-state index in [0.29, 0.717) is 5.69 Å². The van der Waals surface area contributed by atoms with Gasteiger partial charge in [-0.25, -0.2) is 4.79 Å². The Kier molecular flexibility index (Phi) is 5.34. The maximum atomic E-state index is 11.0. The van der Waals surface area contributed by atoms with Gasteiger partial charge in [-0.15, -0.1) is 0 Å². The summed E-state index contributed by atoms with van der Waals surface area (Å²) in [7, 11) is -4.06. The topological polar surface area (TPSA) is 107 Å². The molecule has 4 N–H and O–H groups in total. The van der Waals surface area contributed by atoms with Crippen LogP contribution in [0.25, 0.3) is 0 Å². The summed E-state index contributed by atoms with van der Waals surface area (Å²) in [4.78, 5) is 28.4. The van der Waals surface area contributed by atoms with Crippen molar-refractivity contribution in [1.29, 1.82) is 0 Å².